The molecule has 1 atom stereocenters. The van der Waals surface area contributed by atoms with Crippen LogP contribution in [0.15, 0.2) is 42.5 Å². The van der Waals surface area contributed by atoms with Crippen LogP contribution in [0.5, 0.6) is 0 Å². The van der Waals surface area contributed by atoms with Crippen LogP contribution in [0.2, 0.25) is 0 Å². The van der Waals surface area contributed by atoms with Crippen LogP contribution in [0, 0.1) is 34.6 Å². The number of rotatable bonds is 8. The van der Waals surface area contributed by atoms with Gasteiger partial charge in [0.05, 0.1) is 5.56 Å². The highest BCUT2D eigenvalue weighted by Crippen LogP contribution is 2.26. The highest BCUT2D eigenvalue weighted by molar-refractivity contribution is 5.91. The molecule has 2 N–H and O–H groups in total. The fourth-order valence-corrected chi connectivity index (χ4v) is 4.62. The Bertz CT molecular complexity index is 1060. The molecule has 0 aliphatic carbocycles. The number of aryl methyl sites for hydroxylation is 3. The lowest BCUT2D eigenvalue weighted by Crippen LogP contribution is -2.21. The third-order valence-electron chi connectivity index (χ3n) is 6.40. The van der Waals surface area contributed by atoms with Crippen LogP contribution >= 0.6 is 0 Å². The van der Waals surface area contributed by atoms with Gasteiger partial charge in [-0.05, 0) is 62.8 Å². The van der Waals surface area contributed by atoms with E-state index < -0.39 is 5.97 Å². The molecule has 0 saturated carbocycles. The minimum Gasteiger partial charge on any atom is -0.478 e. The maximum atomic E-state index is 12.1. The molecule has 1 aromatic heterocycles. The molecule has 0 radical (unpaired) electrons. The highest BCUT2D eigenvalue weighted by Gasteiger charge is 2.23. The summed E-state index contributed by atoms with van der Waals surface area (Å²) >= 11 is 0. The summed E-state index contributed by atoms with van der Waals surface area (Å²) < 4.78 is 2.16. The van der Waals surface area contributed by atoms with Gasteiger partial charge in [-0.15, -0.1) is 0 Å². The second-order valence-electron chi connectivity index (χ2n) is 8.74. The smallest absolute Gasteiger partial charge is 0.337 e. The Morgan fingerprint density at radius 1 is 0.968 bits per heavy atom. The Morgan fingerprint density at radius 2 is 1.58 bits per heavy atom. The third-order valence-corrected chi connectivity index (χ3v) is 6.40. The van der Waals surface area contributed by atoms with Crippen LogP contribution in [0.1, 0.15) is 68.0 Å². The first-order valence-corrected chi connectivity index (χ1v) is 10.9. The van der Waals surface area contributed by atoms with E-state index in [1.165, 1.54) is 27.8 Å². The first-order chi connectivity index (χ1) is 14.7. The summed E-state index contributed by atoms with van der Waals surface area (Å²) in [5.74, 6) is -0.500. The molecule has 0 spiro atoms. The van der Waals surface area contributed by atoms with Crippen molar-refractivity contribution in [2.75, 3.05) is 6.54 Å². The fourth-order valence-electron chi connectivity index (χ4n) is 4.62. The molecule has 164 valence electrons. The normalized spacial score (nSPS) is 12.2. The van der Waals surface area contributed by atoms with Crippen molar-refractivity contribution in [3.05, 3.63) is 92.8 Å². The summed E-state index contributed by atoms with van der Waals surface area (Å²) in [6.45, 7) is 14.6. The van der Waals surface area contributed by atoms with Crippen LogP contribution in [-0.2, 0) is 13.1 Å². The SMILES string of the molecule is Cc1cc(C)c(Cn2c(C)c(CNC[C@H](C)c3ccccc3)c(C(=O)O)c2C)c(C)c1. The molecule has 1 heterocycles. The molecular weight excluding hydrogens is 384 g/mol. The molecule has 0 saturated heterocycles. The largest absolute Gasteiger partial charge is 0.478 e. The van der Waals surface area contributed by atoms with Gasteiger partial charge in [-0.3, -0.25) is 0 Å². The monoisotopic (exact) mass is 418 g/mol. The van der Waals surface area contributed by atoms with Crippen molar-refractivity contribution < 1.29 is 9.90 Å². The summed E-state index contributed by atoms with van der Waals surface area (Å²) in [5.41, 5.74) is 9.45. The molecule has 4 heteroatoms. The number of hydrogen-bond acceptors (Lipinski definition) is 2. The van der Waals surface area contributed by atoms with Crippen molar-refractivity contribution >= 4 is 5.97 Å². The van der Waals surface area contributed by atoms with Gasteiger partial charge in [-0.2, -0.15) is 0 Å². The van der Waals surface area contributed by atoms with Crippen molar-refractivity contribution in [1.82, 2.24) is 9.88 Å². The van der Waals surface area contributed by atoms with Crippen molar-refractivity contribution in [1.29, 1.82) is 0 Å². The van der Waals surface area contributed by atoms with E-state index >= 15 is 0 Å². The van der Waals surface area contributed by atoms with Crippen molar-refractivity contribution in [3.8, 4) is 0 Å². The molecule has 0 aliphatic heterocycles. The fraction of sp³-hybridized carbons (Fsp3) is 0.370. The number of aromatic nitrogens is 1. The van der Waals surface area contributed by atoms with E-state index in [2.05, 4.69) is 74.0 Å². The van der Waals surface area contributed by atoms with Crippen LogP contribution < -0.4 is 5.32 Å². The topological polar surface area (TPSA) is 54.3 Å². The van der Waals surface area contributed by atoms with Gasteiger partial charge in [-0.1, -0.05) is 55.0 Å². The summed E-state index contributed by atoms with van der Waals surface area (Å²) in [5, 5.41) is 13.4. The minimum atomic E-state index is -0.857. The zero-order chi connectivity index (χ0) is 22.7. The standard InChI is InChI=1S/C27H34N2O2/c1-17-12-18(2)25(19(3)13-17)16-29-21(5)24(26(22(29)6)27(30)31)15-28-14-20(4)23-10-8-7-9-11-23/h7-13,20,28H,14-16H2,1-6H3,(H,30,31)/t20-/m0/s1. The zero-order valence-corrected chi connectivity index (χ0v) is 19.5. The Labute approximate surface area is 185 Å². The van der Waals surface area contributed by atoms with E-state index in [1.54, 1.807) is 0 Å². The van der Waals surface area contributed by atoms with Gasteiger partial charge in [-0.25, -0.2) is 4.79 Å². The minimum absolute atomic E-state index is 0.357. The Kier molecular flexibility index (Phi) is 7.01. The number of carboxylic acid groups (broad SMARTS) is 1. The van der Waals surface area contributed by atoms with Gasteiger partial charge in [0.15, 0.2) is 0 Å². The molecule has 3 rings (SSSR count). The molecule has 0 unspecified atom stereocenters. The number of nitrogens with zero attached hydrogens (tertiary/aromatic N) is 1. The second kappa shape index (κ2) is 9.52. The quantitative estimate of drug-likeness (QED) is 0.495. The van der Waals surface area contributed by atoms with Crippen LogP contribution in [0.4, 0.5) is 0 Å². The Morgan fingerprint density at radius 3 is 2.16 bits per heavy atom. The van der Waals surface area contributed by atoms with Crippen molar-refractivity contribution in [3.63, 3.8) is 0 Å². The van der Waals surface area contributed by atoms with Crippen LogP contribution in [0.25, 0.3) is 0 Å². The molecule has 0 aliphatic rings. The number of hydrogen-bond donors (Lipinski definition) is 2. The van der Waals surface area contributed by atoms with Gasteiger partial charge >= 0.3 is 5.97 Å². The predicted octanol–water partition coefficient (Wildman–Crippen LogP) is 5.67. The van der Waals surface area contributed by atoms with E-state index in [4.69, 9.17) is 0 Å². The zero-order valence-electron chi connectivity index (χ0n) is 19.5. The predicted molar refractivity (Wildman–Crippen MR) is 127 cm³/mol. The number of carboxylic acids is 1. The van der Waals surface area contributed by atoms with E-state index in [9.17, 15) is 9.90 Å². The van der Waals surface area contributed by atoms with Crippen LogP contribution in [0.3, 0.4) is 0 Å². The van der Waals surface area contributed by atoms with Crippen molar-refractivity contribution in [2.24, 2.45) is 0 Å². The van der Waals surface area contributed by atoms with Gasteiger partial charge in [0, 0.05) is 36.6 Å². The average molecular weight is 419 g/mol. The lowest BCUT2D eigenvalue weighted by molar-refractivity contribution is 0.0694. The summed E-state index contributed by atoms with van der Waals surface area (Å²) in [6, 6.07) is 14.8. The van der Waals surface area contributed by atoms with Gasteiger partial charge in [0.1, 0.15) is 0 Å². The average Bonchev–Trinajstić information content (AvgIpc) is 2.95. The molecular formula is C27H34N2O2. The summed E-state index contributed by atoms with van der Waals surface area (Å²) in [4.78, 5) is 12.1. The van der Waals surface area contributed by atoms with E-state index in [1.807, 2.05) is 19.9 Å². The Balaban J connectivity index is 1.85. The van der Waals surface area contributed by atoms with Gasteiger partial charge in [0.25, 0.3) is 0 Å². The second-order valence-corrected chi connectivity index (χ2v) is 8.74. The maximum absolute atomic E-state index is 12.1. The van der Waals surface area contributed by atoms with E-state index in [-0.39, 0.29) is 0 Å². The number of nitrogens with one attached hydrogen (secondary N) is 1. The van der Waals surface area contributed by atoms with Gasteiger partial charge < -0.3 is 15.0 Å². The molecule has 4 nitrogen and oxygen atoms in total. The number of aromatic carboxylic acids is 1. The van der Waals surface area contributed by atoms with Crippen molar-refractivity contribution in [2.45, 2.75) is 60.5 Å². The molecule has 0 bridgehead atoms. The molecule has 31 heavy (non-hydrogen) atoms. The molecule has 0 amide bonds. The molecule has 3 aromatic rings. The third kappa shape index (κ3) is 4.91. The Hall–Kier alpha value is -2.85. The lowest BCUT2D eigenvalue weighted by Gasteiger charge is -2.16. The molecule has 2 aromatic carbocycles. The number of benzene rings is 2. The summed E-state index contributed by atoms with van der Waals surface area (Å²) in [7, 11) is 0. The first-order valence-electron chi connectivity index (χ1n) is 10.9. The van der Waals surface area contributed by atoms with E-state index in [0.717, 1.165) is 23.5 Å². The highest BCUT2D eigenvalue weighted by atomic mass is 16.4. The molecule has 0 fully saturated rings. The van der Waals surface area contributed by atoms with Gasteiger partial charge in [0.2, 0.25) is 0 Å². The number of carbonyl (C=O) groups is 1. The van der Waals surface area contributed by atoms with Crippen LogP contribution in [-0.4, -0.2) is 22.2 Å². The van der Waals surface area contributed by atoms with E-state index in [0.29, 0.717) is 24.6 Å². The summed E-state index contributed by atoms with van der Waals surface area (Å²) in [6.07, 6.45) is 0. The lowest BCUT2D eigenvalue weighted by atomic mass is 9.99. The first kappa shape index (κ1) is 22.8. The maximum Gasteiger partial charge on any atom is 0.337 e.